The van der Waals surface area contributed by atoms with E-state index < -0.39 is 0 Å². The van der Waals surface area contributed by atoms with E-state index in [9.17, 15) is 0 Å². The first kappa shape index (κ1) is 14.2. The van der Waals surface area contributed by atoms with Crippen LogP contribution in [-0.2, 0) is 5.41 Å². The van der Waals surface area contributed by atoms with E-state index in [1.165, 1.54) is 18.4 Å². The van der Waals surface area contributed by atoms with Gasteiger partial charge in [-0.3, -0.25) is 0 Å². The molecule has 1 saturated carbocycles. The van der Waals surface area contributed by atoms with Gasteiger partial charge < -0.3 is 15.2 Å². The molecule has 0 atom stereocenters. The summed E-state index contributed by atoms with van der Waals surface area (Å²) in [7, 11) is 1.69. The summed E-state index contributed by atoms with van der Waals surface area (Å²) in [5.41, 5.74) is 7.39. The molecule has 0 amide bonds. The molecule has 0 heterocycles. The Balaban J connectivity index is 2.48. The largest absolute Gasteiger partial charge is 0.493 e. The summed E-state index contributed by atoms with van der Waals surface area (Å²) in [6.45, 7) is 4.76. The molecule has 1 aliphatic rings. The molecule has 106 valence electrons. The predicted molar refractivity (Wildman–Crippen MR) is 78.0 cm³/mol. The molecular formula is C16H25NO2. The quantitative estimate of drug-likeness (QED) is 0.887. The summed E-state index contributed by atoms with van der Waals surface area (Å²) in [5, 5.41) is 0. The molecule has 0 saturated heterocycles. The maximum atomic E-state index is 6.10. The molecule has 2 N–H and O–H groups in total. The maximum absolute atomic E-state index is 6.10. The van der Waals surface area contributed by atoms with Crippen molar-refractivity contribution < 1.29 is 9.47 Å². The van der Waals surface area contributed by atoms with E-state index in [4.69, 9.17) is 15.2 Å². The average Bonchev–Trinajstić information content (AvgIpc) is 2.88. The Morgan fingerprint density at radius 1 is 1.26 bits per heavy atom. The Morgan fingerprint density at radius 3 is 2.47 bits per heavy atom. The van der Waals surface area contributed by atoms with E-state index in [0.717, 1.165) is 24.3 Å². The zero-order chi connectivity index (χ0) is 13.9. The van der Waals surface area contributed by atoms with Crippen LogP contribution in [0.1, 0.15) is 45.1 Å². The molecule has 0 aromatic heterocycles. The van der Waals surface area contributed by atoms with Crippen molar-refractivity contribution in [1.82, 2.24) is 0 Å². The second kappa shape index (κ2) is 5.83. The third-order valence-electron chi connectivity index (χ3n) is 4.08. The van der Waals surface area contributed by atoms with E-state index in [-0.39, 0.29) is 11.5 Å². The van der Waals surface area contributed by atoms with Crippen molar-refractivity contribution in [3.8, 4) is 11.5 Å². The Hall–Kier alpha value is -1.22. The molecule has 19 heavy (non-hydrogen) atoms. The maximum Gasteiger partial charge on any atom is 0.165 e. The fourth-order valence-corrected chi connectivity index (χ4v) is 3.09. The fourth-order valence-electron chi connectivity index (χ4n) is 3.09. The predicted octanol–water partition coefficient (Wildman–Crippen LogP) is 3.25. The zero-order valence-corrected chi connectivity index (χ0v) is 12.2. The van der Waals surface area contributed by atoms with Crippen LogP contribution in [0.3, 0.4) is 0 Å². The Labute approximate surface area is 116 Å². The molecule has 0 radical (unpaired) electrons. The summed E-state index contributed by atoms with van der Waals surface area (Å²) in [5.74, 6) is 1.69. The lowest BCUT2D eigenvalue weighted by atomic mass is 9.78. The van der Waals surface area contributed by atoms with Crippen molar-refractivity contribution in [3.05, 3.63) is 23.8 Å². The first-order chi connectivity index (χ1) is 9.13. The zero-order valence-electron chi connectivity index (χ0n) is 12.2. The van der Waals surface area contributed by atoms with Gasteiger partial charge in [0.25, 0.3) is 0 Å². The van der Waals surface area contributed by atoms with Gasteiger partial charge in [-0.15, -0.1) is 0 Å². The smallest absolute Gasteiger partial charge is 0.165 e. The molecule has 1 aromatic rings. The summed E-state index contributed by atoms with van der Waals surface area (Å²) in [4.78, 5) is 0. The second-order valence-electron chi connectivity index (χ2n) is 5.70. The monoisotopic (exact) mass is 263 g/mol. The molecule has 1 aliphatic carbocycles. The third kappa shape index (κ3) is 2.71. The van der Waals surface area contributed by atoms with Gasteiger partial charge in [0.05, 0.1) is 13.2 Å². The lowest BCUT2D eigenvalue weighted by Crippen LogP contribution is -2.33. The van der Waals surface area contributed by atoms with Crippen LogP contribution in [0.5, 0.6) is 11.5 Å². The topological polar surface area (TPSA) is 44.5 Å². The molecular weight excluding hydrogens is 238 g/mol. The summed E-state index contributed by atoms with van der Waals surface area (Å²) in [6, 6.07) is 6.15. The van der Waals surface area contributed by atoms with Crippen molar-refractivity contribution in [3.63, 3.8) is 0 Å². The highest BCUT2D eigenvalue weighted by Gasteiger charge is 2.37. The lowest BCUT2D eigenvalue weighted by molar-refractivity contribution is 0.222. The van der Waals surface area contributed by atoms with Crippen molar-refractivity contribution >= 4 is 0 Å². The number of hydrogen-bond donors (Lipinski definition) is 1. The van der Waals surface area contributed by atoms with E-state index in [1.807, 2.05) is 26.0 Å². The summed E-state index contributed by atoms with van der Waals surface area (Å²) < 4.78 is 11.5. The van der Waals surface area contributed by atoms with Crippen LogP contribution in [0.2, 0.25) is 0 Å². The fraction of sp³-hybridized carbons (Fsp3) is 0.625. The normalized spacial score (nSPS) is 17.7. The van der Waals surface area contributed by atoms with Crippen LogP contribution >= 0.6 is 0 Å². The van der Waals surface area contributed by atoms with Crippen LogP contribution < -0.4 is 15.2 Å². The first-order valence-corrected chi connectivity index (χ1v) is 7.17. The Bertz CT molecular complexity index is 423. The minimum Gasteiger partial charge on any atom is -0.493 e. The minimum absolute atomic E-state index is 0.0682. The highest BCUT2D eigenvalue weighted by atomic mass is 16.5. The van der Waals surface area contributed by atoms with Gasteiger partial charge in [-0.2, -0.15) is 0 Å². The molecule has 0 unspecified atom stereocenters. The van der Waals surface area contributed by atoms with Crippen LogP contribution in [0.25, 0.3) is 0 Å². The molecule has 0 bridgehead atoms. The van der Waals surface area contributed by atoms with Crippen LogP contribution in [0.15, 0.2) is 18.2 Å². The van der Waals surface area contributed by atoms with Crippen molar-refractivity contribution in [2.45, 2.75) is 51.0 Å². The van der Waals surface area contributed by atoms with Crippen LogP contribution in [0, 0.1) is 0 Å². The van der Waals surface area contributed by atoms with Crippen molar-refractivity contribution in [2.75, 3.05) is 13.7 Å². The van der Waals surface area contributed by atoms with Gasteiger partial charge in [-0.05, 0) is 32.8 Å². The third-order valence-corrected chi connectivity index (χ3v) is 4.08. The van der Waals surface area contributed by atoms with Gasteiger partial charge in [0, 0.05) is 17.5 Å². The molecule has 0 aliphatic heterocycles. The molecule has 3 nitrogen and oxygen atoms in total. The minimum atomic E-state index is 0.0682. The number of rotatable bonds is 5. The lowest BCUT2D eigenvalue weighted by Gasteiger charge is -2.31. The average molecular weight is 263 g/mol. The molecule has 0 spiro atoms. The standard InChI is InChI=1S/C16H25NO2/c1-12(2)19-15-13(7-6-8-14(15)18-3)16(11-17)9-4-5-10-16/h6-8,12H,4-5,9-11,17H2,1-3H3. The number of benzene rings is 1. The Morgan fingerprint density at radius 2 is 1.95 bits per heavy atom. The van der Waals surface area contributed by atoms with Crippen LogP contribution in [-0.4, -0.2) is 19.8 Å². The number of ether oxygens (including phenoxy) is 2. The highest BCUT2D eigenvalue weighted by Crippen LogP contribution is 2.47. The van der Waals surface area contributed by atoms with E-state index in [1.54, 1.807) is 7.11 Å². The molecule has 3 heteroatoms. The van der Waals surface area contributed by atoms with Gasteiger partial charge in [-0.1, -0.05) is 25.0 Å². The molecule has 2 rings (SSSR count). The second-order valence-corrected chi connectivity index (χ2v) is 5.70. The first-order valence-electron chi connectivity index (χ1n) is 7.17. The van der Waals surface area contributed by atoms with Crippen molar-refractivity contribution in [1.29, 1.82) is 0 Å². The van der Waals surface area contributed by atoms with E-state index in [0.29, 0.717) is 6.54 Å². The van der Waals surface area contributed by atoms with Gasteiger partial charge in [-0.25, -0.2) is 0 Å². The van der Waals surface area contributed by atoms with Crippen molar-refractivity contribution in [2.24, 2.45) is 5.73 Å². The van der Waals surface area contributed by atoms with Gasteiger partial charge in [0.1, 0.15) is 0 Å². The number of methoxy groups -OCH3 is 1. The number of nitrogens with two attached hydrogens (primary N) is 1. The summed E-state index contributed by atoms with van der Waals surface area (Å²) >= 11 is 0. The highest BCUT2D eigenvalue weighted by molar-refractivity contribution is 5.51. The van der Waals surface area contributed by atoms with Gasteiger partial charge in [0.15, 0.2) is 11.5 Å². The Kier molecular flexibility index (Phi) is 4.35. The molecule has 1 aromatic carbocycles. The van der Waals surface area contributed by atoms with Gasteiger partial charge in [0.2, 0.25) is 0 Å². The van der Waals surface area contributed by atoms with E-state index in [2.05, 4.69) is 6.07 Å². The van der Waals surface area contributed by atoms with Crippen LogP contribution in [0.4, 0.5) is 0 Å². The SMILES string of the molecule is COc1cccc(C2(CN)CCCC2)c1OC(C)C. The summed E-state index contributed by atoms with van der Waals surface area (Å²) in [6.07, 6.45) is 4.91. The number of hydrogen-bond acceptors (Lipinski definition) is 3. The van der Waals surface area contributed by atoms with Gasteiger partial charge >= 0.3 is 0 Å². The molecule has 1 fully saturated rings. The van der Waals surface area contributed by atoms with E-state index >= 15 is 0 Å². The number of para-hydroxylation sites is 1.